The van der Waals surface area contributed by atoms with Crippen LogP contribution in [0.5, 0.6) is 0 Å². The van der Waals surface area contributed by atoms with Crippen molar-refractivity contribution < 1.29 is 15.0 Å². The summed E-state index contributed by atoms with van der Waals surface area (Å²) in [4.78, 5) is 18.2. The lowest BCUT2D eigenvalue weighted by atomic mass is 10.1. The Morgan fingerprint density at radius 2 is 2.29 bits per heavy atom. The molecule has 0 saturated carbocycles. The van der Waals surface area contributed by atoms with Crippen molar-refractivity contribution in [1.82, 2.24) is 9.97 Å². The summed E-state index contributed by atoms with van der Waals surface area (Å²) < 4.78 is 0. The largest absolute Gasteiger partial charge is 0.476 e. The zero-order valence-electron chi connectivity index (χ0n) is 9.33. The number of carboxylic acids is 1. The van der Waals surface area contributed by atoms with Gasteiger partial charge in [-0.3, -0.25) is 0 Å². The molecule has 0 fully saturated rings. The van der Waals surface area contributed by atoms with Gasteiger partial charge in [-0.15, -0.1) is 6.58 Å². The lowest BCUT2D eigenvalue weighted by Gasteiger charge is -2.15. The fourth-order valence-corrected chi connectivity index (χ4v) is 1.25. The van der Waals surface area contributed by atoms with E-state index in [1.54, 1.807) is 6.08 Å². The van der Waals surface area contributed by atoms with Crippen molar-refractivity contribution in [3.8, 4) is 0 Å². The van der Waals surface area contributed by atoms with Crippen LogP contribution in [0.1, 0.15) is 23.3 Å². The predicted molar refractivity (Wildman–Crippen MR) is 62.9 cm³/mol. The smallest absolute Gasteiger partial charge is 0.356 e. The molecule has 1 aromatic heterocycles. The Morgan fingerprint density at radius 1 is 1.53 bits per heavy atom. The molecule has 6 nitrogen and oxygen atoms in total. The lowest BCUT2D eigenvalue weighted by Crippen LogP contribution is -2.24. The van der Waals surface area contributed by atoms with Crippen molar-refractivity contribution in [2.75, 3.05) is 11.9 Å². The molecule has 0 aliphatic carbocycles. The summed E-state index contributed by atoms with van der Waals surface area (Å²) in [6.45, 7) is 3.57. The first-order valence-corrected chi connectivity index (χ1v) is 5.21. The molecule has 1 heterocycles. The fraction of sp³-hybridized carbons (Fsp3) is 0.364. The van der Waals surface area contributed by atoms with Crippen molar-refractivity contribution in [3.63, 3.8) is 0 Å². The molecule has 0 aromatic carbocycles. The third kappa shape index (κ3) is 4.20. The number of nitrogens with zero attached hydrogens (tertiary/aromatic N) is 2. The van der Waals surface area contributed by atoms with Crippen LogP contribution in [0.2, 0.25) is 0 Å². The lowest BCUT2D eigenvalue weighted by molar-refractivity contribution is 0.0690. The molecule has 0 amide bonds. The number of aromatic nitrogens is 2. The van der Waals surface area contributed by atoms with Gasteiger partial charge in [0, 0.05) is 0 Å². The van der Waals surface area contributed by atoms with E-state index in [1.165, 1.54) is 12.4 Å². The van der Waals surface area contributed by atoms with Crippen LogP contribution in [0.3, 0.4) is 0 Å². The van der Waals surface area contributed by atoms with Gasteiger partial charge in [0.15, 0.2) is 5.69 Å². The summed E-state index contributed by atoms with van der Waals surface area (Å²) in [6, 6.07) is -0.141. The molecule has 3 N–H and O–H groups in total. The maximum atomic E-state index is 10.6. The Morgan fingerprint density at radius 3 is 2.76 bits per heavy atom. The van der Waals surface area contributed by atoms with Gasteiger partial charge in [0.05, 0.1) is 25.0 Å². The number of aliphatic hydroxyl groups excluding tert-OH is 1. The van der Waals surface area contributed by atoms with Crippen LogP contribution < -0.4 is 5.32 Å². The third-order valence-electron chi connectivity index (χ3n) is 2.16. The number of hydrogen-bond acceptors (Lipinski definition) is 5. The predicted octanol–water partition coefficient (Wildman–Crippen LogP) is 0.914. The second-order valence-corrected chi connectivity index (χ2v) is 3.48. The van der Waals surface area contributed by atoms with Gasteiger partial charge >= 0.3 is 5.97 Å². The number of allylic oxidation sites excluding steroid dienone is 1. The van der Waals surface area contributed by atoms with E-state index < -0.39 is 5.97 Å². The molecule has 6 heteroatoms. The minimum atomic E-state index is -1.12. The molecule has 0 aliphatic heterocycles. The summed E-state index contributed by atoms with van der Waals surface area (Å²) in [5.74, 6) is -0.674. The van der Waals surface area contributed by atoms with Gasteiger partial charge in [0.25, 0.3) is 0 Å². The van der Waals surface area contributed by atoms with Crippen LogP contribution in [0.15, 0.2) is 25.0 Å². The Balaban J connectivity index is 2.60. The van der Waals surface area contributed by atoms with E-state index in [1.807, 2.05) is 0 Å². The zero-order chi connectivity index (χ0) is 12.7. The van der Waals surface area contributed by atoms with Crippen molar-refractivity contribution in [2.45, 2.75) is 18.9 Å². The number of aromatic carboxylic acids is 1. The molecule has 0 bridgehead atoms. The van der Waals surface area contributed by atoms with Crippen molar-refractivity contribution in [2.24, 2.45) is 0 Å². The Labute approximate surface area is 99.0 Å². The second kappa shape index (κ2) is 6.59. The van der Waals surface area contributed by atoms with Crippen LogP contribution >= 0.6 is 0 Å². The summed E-state index contributed by atoms with van der Waals surface area (Å²) >= 11 is 0. The molecule has 92 valence electrons. The van der Waals surface area contributed by atoms with E-state index in [2.05, 4.69) is 21.9 Å². The highest BCUT2D eigenvalue weighted by Crippen LogP contribution is 2.07. The molecule has 0 saturated heterocycles. The average molecular weight is 237 g/mol. The number of rotatable bonds is 7. The summed E-state index contributed by atoms with van der Waals surface area (Å²) in [5, 5.41) is 20.7. The van der Waals surface area contributed by atoms with Gasteiger partial charge in [-0.2, -0.15) is 0 Å². The minimum absolute atomic E-state index is 0.0315. The SMILES string of the molecule is C=CCCC(CO)Nc1cnc(C(=O)O)cn1. The molecule has 0 spiro atoms. The fourth-order valence-electron chi connectivity index (χ4n) is 1.25. The summed E-state index contributed by atoms with van der Waals surface area (Å²) in [7, 11) is 0. The molecular formula is C11H15N3O3. The van der Waals surface area contributed by atoms with E-state index in [0.717, 1.165) is 12.8 Å². The van der Waals surface area contributed by atoms with Gasteiger partial charge in [0.2, 0.25) is 0 Å². The zero-order valence-corrected chi connectivity index (χ0v) is 9.33. The topological polar surface area (TPSA) is 95.3 Å². The van der Waals surface area contributed by atoms with Crippen LogP contribution in [0.4, 0.5) is 5.82 Å². The molecule has 17 heavy (non-hydrogen) atoms. The number of carboxylic acid groups (broad SMARTS) is 1. The molecule has 1 aromatic rings. The number of aliphatic hydroxyl groups is 1. The van der Waals surface area contributed by atoms with Crippen molar-refractivity contribution in [3.05, 3.63) is 30.7 Å². The highest BCUT2D eigenvalue weighted by Gasteiger charge is 2.09. The Hall–Kier alpha value is -1.95. The van der Waals surface area contributed by atoms with Gasteiger partial charge in [-0.1, -0.05) is 6.08 Å². The van der Waals surface area contributed by atoms with E-state index in [9.17, 15) is 4.79 Å². The molecule has 0 aliphatic rings. The monoisotopic (exact) mass is 237 g/mol. The average Bonchev–Trinajstić information content (AvgIpc) is 2.35. The molecule has 1 rings (SSSR count). The van der Waals surface area contributed by atoms with E-state index in [0.29, 0.717) is 5.82 Å². The number of carbonyl (C=O) groups is 1. The minimum Gasteiger partial charge on any atom is -0.476 e. The Kier molecular flexibility index (Phi) is 5.09. The van der Waals surface area contributed by atoms with Gasteiger partial charge in [-0.05, 0) is 12.8 Å². The maximum Gasteiger partial charge on any atom is 0.356 e. The second-order valence-electron chi connectivity index (χ2n) is 3.48. The highest BCUT2D eigenvalue weighted by molar-refractivity contribution is 5.84. The first-order chi connectivity index (χ1) is 8.17. The standard InChI is InChI=1S/C11H15N3O3/c1-2-3-4-8(7-15)14-10-6-12-9(5-13-10)11(16)17/h2,5-6,8,15H,1,3-4,7H2,(H,13,14)(H,16,17). The molecule has 0 radical (unpaired) electrons. The number of anilines is 1. The van der Waals surface area contributed by atoms with Crippen molar-refractivity contribution >= 4 is 11.8 Å². The number of nitrogens with one attached hydrogen (secondary N) is 1. The summed E-state index contributed by atoms with van der Waals surface area (Å²) in [5.41, 5.74) is -0.109. The van der Waals surface area contributed by atoms with Crippen molar-refractivity contribution in [1.29, 1.82) is 0 Å². The van der Waals surface area contributed by atoms with E-state index in [-0.39, 0.29) is 18.3 Å². The van der Waals surface area contributed by atoms with Gasteiger partial charge in [-0.25, -0.2) is 14.8 Å². The Bertz CT molecular complexity index is 378. The quantitative estimate of drug-likeness (QED) is 0.610. The van der Waals surface area contributed by atoms with E-state index >= 15 is 0 Å². The first kappa shape index (κ1) is 13.1. The van der Waals surface area contributed by atoms with Crippen LogP contribution in [0, 0.1) is 0 Å². The highest BCUT2D eigenvalue weighted by atomic mass is 16.4. The van der Waals surface area contributed by atoms with Crippen LogP contribution in [-0.2, 0) is 0 Å². The molecular weight excluding hydrogens is 222 g/mol. The summed E-state index contributed by atoms with van der Waals surface area (Å²) in [6.07, 6.45) is 5.78. The third-order valence-corrected chi connectivity index (χ3v) is 2.16. The number of hydrogen-bond donors (Lipinski definition) is 3. The molecule has 1 atom stereocenters. The van der Waals surface area contributed by atoms with Crippen LogP contribution in [-0.4, -0.2) is 38.8 Å². The normalized spacial score (nSPS) is 11.8. The van der Waals surface area contributed by atoms with E-state index in [4.69, 9.17) is 10.2 Å². The van der Waals surface area contributed by atoms with Gasteiger partial charge < -0.3 is 15.5 Å². The maximum absolute atomic E-state index is 10.6. The van der Waals surface area contributed by atoms with Crippen LogP contribution in [0.25, 0.3) is 0 Å². The molecule has 1 unspecified atom stereocenters. The first-order valence-electron chi connectivity index (χ1n) is 5.21. The van der Waals surface area contributed by atoms with Gasteiger partial charge in [0.1, 0.15) is 5.82 Å².